The second kappa shape index (κ2) is 12.9. The van der Waals surface area contributed by atoms with Crippen molar-refractivity contribution in [3.05, 3.63) is 65.2 Å². The Balaban J connectivity index is 1.48. The van der Waals surface area contributed by atoms with Gasteiger partial charge in [-0.25, -0.2) is 4.79 Å². The zero-order valence-electron chi connectivity index (χ0n) is 20.0. The molecule has 4 N–H and O–H groups in total. The quantitative estimate of drug-likeness (QED) is 0.443. The van der Waals surface area contributed by atoms with Gasteiger partial charge in [0.15, 0.2) is 0 Å². The molecule has 4 rings (SSSR count). The molecule has 3 amide bonds. The highest BCUT2D eigenvalue weighted by molar-refractivity contribution is 6.30. The predicted octanol–water partition coefficient (Wildman–Crippen LogP) is 3.98. The highest BCUT2D eigenvalue weighted by atomic mass is 35.5. The molecule has 2 saturated heterocycles. The van der Waals surface area contributed by atoms with Crippen molar-refractivity contribution in [2.45, 2.75) is 44.2 Å². The van der Waals surface area contributed by atoms with Crippen LogP contribution in [0.4, 0.5) is 10.5 Å². The summed E-state index contributed by atoms with van der Waals surface area (Å²) in [7, 11) is 0. The van der Waals surface area contributed by atoms with E-state index in [2.05, 4.69) is 21.3 Å². The molecule has 0 aliphatic carbocycles. The first-order valence-electron chi connectivity index (χ1n) is 12.5. The number of anilines is 1. The Morgan fingerprint density at radius 1 is 0.914 bits per heavy atom. The van der Waals surface area contributed by atoms with Gasteiger partial charge < -0.3 is 26.0 Å². The summed E-state index contributed by atoms with van der Waals surface area (Å²) in [6, 6.07) is 15.6. The second-order valence-electron chi connectivity index (χ2n) is 9.42. The molecule has 188 valence electrons. The maximum absolute atomic E-state index is 13.7. The van der Waals surface area contributed by atoms with Crippen molar-refractivity contribution in [1.29, 1.82) is 0 Å². The maximum atomic E-state index is 13.7. The van der Waals surface area contributed by atoms with Crippen molar-refractivity contribution in [3.63, 3.8) is 0 Å². The van der Waals surface area contributed by atoms with Crippen LogP contribution in [0.2, 0.25) is 5.02 Å². The Kier molecular flexibility index (Phi) is 9.40. The van der Waals surface area contributed by atoms with Crippen molar-refractivity contribution < 1.29 is 14.3 Å². The molecule has 0 spiro atoms. The first kappa shape index (κ1) is 25.5. The fourth-order valence-corrected chi connectivity index (χ4v) is 5.21. The molecule has 0 aromatic heterocycles. The molecular formula is C27H35ClN4O3. The number of benzene rings is 2. The fourth-order valence-electron chi connectivity index (χ4n) is 5.08. The van der Waals surface area contributed by atoms with Crippen molar-refractivity contribution in [3.8, 4) is 0 Å². The monoisotopic (exact) mass is 498 g/mol. The lowest BCUT2D eigenvalue weighted by Crippen LogP contribution is -2.56. The van der Waals surface area contributed by atoms with Gasteiger partial charge in [0.25, 0.3) is 0 Å². The zero-order valence-corrected chi connectivity index (χ0v) is 20.7. The van der Waals surface area contributed by atoms with Crippen LogP contribution in [-0.4, -0.2) is 50.3 Å². The van der Waals surface area contributed by atoms with Crippen LogP contribution < -0.4 is 21.3 Å². The topological polar surface area (TPSA) is 91.5 Å². The molecule has 0 saturated carbocycles. The number of urea groups is 1. The summed E-state index contributed by atoms with van der Waals surface area (Å²) in [5.74, 6) is 0.662. The van der Waals surface area contributed by atoms with Crippen molar-refractivity contribution in [2.24, 2.45) is 11.8 Å². The van der Waals surface area contributed by atoms with E-state index in [1.54, 1.807) is 24.3 Å². The third-order valence-electron chi connectivity index (χ3n) is 6.98. The standard InChI is InChI=1S/C27H35ClN4O3/c28-22-6-8-23(9-7-22)30-27(34)31-24(18-19-4-2-1-3-5-19)26(33)32-25(20-10-14-29-15-11-20)21-12-16-35-17-13-21/h1-9,20-21,24-25,29H,10-18H2,(H,32,33)(H2,30,31,34). The molecule has 7 nitrogen and oxygen atoms in total. The van der Waals surface area contributed by atoms with Gasteiger partial charge in [0.1, 0.15) is 6.04 Å². The number of hydrogen-bond donors (Lipinski definition) is 4. The van der Waals surface area contributed by atoms with E-state index in [4.69, 9.17) is 16.3 Å². The van der Waals surface area contributed by atoms with E-state index in [1.807, 2.05) is 30.3 Å². The minimum atomic E-state index is -0.700. The number of nitrogens with one attached hydrogen (secondary N) is 4. The molecule has 0 radical (unpaired) electrons. The largest absolute Gasteiger partial charge is 0.381 e. The number of carbonyl (C=O) groups is 2. The van der Waals surface area contributed by atoms with Gasteiger partial charge in [-0.15, -0.1) is 0 Å². The van der Waals surface area contributed by atoms with Crippen LogP contribution in [0.1, 0.15) is 31.2 Å². The second-order valence-corrected chi connectivity index (χ2v) is 9.86. The molecule has 35 heavy (non-hydrogen) atoms. The van der Waals surface area contributed by atoms with Gasteiger partial charge in [-0.1, -0.05) is 41.9 Å². The first-order valence-corrected chi connectivity index (χ1v) is 12.9. The van der Waals surface area contributed by atoms with E-state index in [-0.39, 0.29) is 11.9 Å². The van der Waals surface area contributed by atoms with Crippen molar-refractivity contribution >= 4 is 29.2 Å². The molecule has 2 aliphatic heterocycles. The van der Waals surface area contributed by atoms with Crippen LogP contribution >= 0.6 is 11.6 Å². The number of piperidine rings is 1. The summed E-state index contributed by atoms with van der Waals surface area (Å²) >= 11 is 5.95. The molecule has 0 bridgehead atoms. The summed E-state index contributed by atoms with van der Waals surface area (Å²) in [4.78, 5) is 26.5. The van der Waals surface area contributed by atoms with Gasteiger partial charge in [0.05, 0.1) is 0 Å². The normalized spacial score (nSPS) is 18.9. The molecule has 8 heteroatoms. The third-order valence-corrected chi connectivity index (χ3v) is 7.23. The van der Waals surface area contributed by atoms with Crippen LogP contribution in [-0.2, 0) is 16.0 Å². The van der Waals surface area contributed by atoms with Crippen molar-refractivity contribution in [1.82, 2.24) is 16.0 Å². The average molecular weight is 499 g/mol. The smallest absolute Gasteiger partial charge is 0.319 e. The van der Waals surface area contributed by atoms with Crippen molar-refractivity contribution in [2.75, 3.05) is 31.6 Å². The number of carbonyl (C=O) groups excluding carboxylic acids is 2. The lowest BCUT2D eigenvalue weighted by atomic mass is 9.79. The Labute approximate surface area is 212 Å². The summed E-state index contributed by atoms with van der Waals surface area (Å²) in [6.45, 7) is 3.40. The zero-order chi connectivity index (χ0) is 24.5. The van der Waals surface area contributed by atoms with Crippen LogP contribution in [0, 0.1) is 11.8 Å². The van der Waals surface area contributed by atoms with Gasteiger partial charge >= 0.3 is 6.03 Å². The van der Waals surface area contributed by atoms with Gasteiger partial charge in [-0.2, -0.15) is 0 Å². The van der Waals surface area contributed by atoms with E-state index in [1.165, 1.54) is 0 Å². The van der Waals surface area contributed by atoms with Crippen LogP contribution in [0.5, 0.6) is 0 Å². The summed E-state index contributed by atoms with van der Waals surface area (Å²) in [5.41, 5.74) is 1.60. The van der Waals surface area contributed by atoms with E-state index < -0.39 is 12.1 Å². The van der Waals surface area contributed by atoms with E-state index in [9.17, 15) is 9.59 Å². The third kappa shape index (κ3) is 7.69. The highest BCUT2D eigenvalue weighted by Crippen LogP contribution is 2.28. The SMILES string of the molecule is O=C(Nc1ccc(Cl)cc1)NC(Cc1ccccc1)C(=O)NC(C1CCNCC1)C1CCOCC1. The molecule has 2 fully saturated rings. The van der Waals surface area contributed by atoms with Gasteiger partial charge in [-0.05, 0) is 80.4 Å². The highest BCUT2D eigenvalue weighted by Gasteiger charge is 2.34. The number of ether oxygens (including phenoxy) is 1. The van der Waals surface area contributed by atoms with Crippen LogP contribution in [0.15, 0.2) is 54.6 Å². The van der Waals surface area contributed by atoms with E-state index in [0.717, 1.165) is 57.6 Å². The minimum Gasteiger partial charge on any atom is -0.381 e. The molecule has 2 heterocycles. The lowest BCUT2D eigenvalue weighted by molar-refractivity contribution is -0.125. The molecule has 2 unspecified atom stereocenters. The summed E-state index contributed by atoms with van der Waals surface area (Å²) < 4.78 is 5.59. The number of hydrogen-bond acceptors (Lipinski definition) is 4. The Hall–Kier alpha value is -2.61. The Morgan fingerprint density at radius 2 is 1.57 bits per heavy atom. The molecule has 2 aromatic carbocycles. The maximum Gasteiger partial charge on any atom is 0.319 e. The van der Waals surface area contributed by atoms with Crippen LogP contribution in [0.25, 0.3) is 0 Å². The predicted molar refractivity (Wildman–Crippen MR) is 139 cm³/mol. The van der Waals surface area contributed by atoms with Gasteiger partial charge in [-0.3, -0.25) is 4.79 Å². The molecule has 2 aliphatic rings. The summed E-state index contributed by atoms with van der Waals surface area (Å²) in [5, 5.41) is 13.1. The average Bonchev–Trinajstić information content (AvgIpc) is 2.90. The number of rotatable bonds is 8. The van der Waals surface area contributed by atoms with Crippen LogP contribution in [0.3, 0.4) is 0 Å². The minimum absolute atomic E-state index is 0.0768. The number of halogens is 1. The Morgan fingerprint density at radius 3 is 2.26 bits per heavy atom. The Bertz CT molecular complexity index is 927. The molecule has 2 atom stereocenters. The fraction of sp³-hybridized carbons (Fsp3) is 0.481. The first-order chi connectivity index (χ1) is 17.1. The lowest BCUT2D eigenvalue weighted by Gasteiger charge is -2.39. The molecule has 2 aromatic rings. The van der Waals surface area contributed by atoms with E-state index >= 15 is 0 Å². The number of amides is 3. The molecular weight excluding hydrogens is 464 g/mol. The van der Waals surface area contributed by atoms with Gasteiger partial charge in [0, 0.05) is 36.4 Å². The summed E-state index contributed by atoms with van der Waals surface area (Å²) in [6.07, 6.45) is 4.38. The van der Waals surface area contributed by atoms with E-state index in [0.29, 0.717) is 29.0 Å². The van der Waals surface area contributed by atoms with Gasteiger partial charge in [0.2, 0.25) is 5.91 Å².